The molecular weight excluding hydrogens is 406 g/mol. The van der Waals surface area contributed by atoms with Crippen molar-refractivity contribution in [3.63, 3.8) is 0 Å². The molecule has 12 heteroatoms. The van der Waals surface area contributed by atoms with Crippen LogP contribution in [0.25, 0.3) is 0 Å². The molecule has 0 aromatic heterocycles. The van der Waals surface area contributed by atoms with Crippen LogP contribution in [0.4, 0.5) is 5.69 Å². The van der Waals surface area contributed by atoms with Crippen molar-refractivity contribution in [3.8, 4) is 0 Å². The highest BCUT2D eigenvalue weighted by Gasteiger charge is 2.10. The summed E-state index contributed by atoms with van der Waals surface area (Å²) in [5, 5.41) is 15.0. The van der Waals surface area contributed by atoms with E-state index in [1.807, 2.05) is 0 Å². The van der Waals surface area contributed by atoms with Crippen molar-refractivity contribution in [1.29, 1.82) is 0 Å². The lowest BCUT2D eigenvalue weighted by molar-refractivity contribution is -0.128. The average Bonchev–Trinajstić information content (AvgIpc) is 2.76. The lowest BCUT2D eigenvalue weighted by Crippen LogP contribution is -2.44. The van der Waals surface area contributed by atoms with E-state index in [1.165, 1.54) is 0 Å². The number of hydrogen-bond donors (Lipinski definition) is 7. The lowest BCUT2D eigenvalue weighted by Gasteiger charge is -2.14. The lowest BCUT2D eigenvalue weighted by atomic mass is 10.1. The molecule has 0 fully saturated rings. The van der Waals surface area contributed by atoms with Crippen molar-refractivity contribution in [3.05, 3.63) is 29.8 Å². The Kier molecular flexibility index (Phi) is 11.9. The Morgan fingerprint density at radius 3 is 1.87 bits per heavy atom. The molecule has 0 aliphatic carbocycles. The third-order valence-corrected chi connectivity index (χ3v) is 3.98. The number of carbonyl (C=O) groups excluding carboxylic acids is 5. The van der Waals surface area contributed by atoms with Crippen molar-refractivity contribution < 1.29 is 24.0 Å². The summed E-state index contributed by atoms with van der Waals surface area (Å²) < 4.78 is 0. The van der Waals surface area contributed by atoms with Gasteiger partial charge in [-0.3, -0.25) is 24.0 Å². The number of nitrogens with one attached hydrogen (secondary N) is 6. The fraction of sp³-hybridized carbons (Fsp3) is 0.421. The van der Waals surface area contributed by atoms with Crippen LogP contribution in [0.1, 0.15) is 5.56 Å². The van der Waals surface area contributed by atoms with Gasteiger partial charge in [0.15, 0.2) is 0 Å². The third kappa shape index (κ3) is 11.3. The average molecular weight is 435 g/mol. The van der Waals surface area contributed by atoms with E-state index in [1.54, 1.807) is 31.3 Å². The molecule has 1 unspecified atom stereocenters. The summed E-state index contributed by atoms with van der Waals surface area (Å²) in [6, 6.07) is 6.83. The first-order valence-electron chi connectivity index (χ1n) is 9.61. The number of amides is 5. The quantitative estimate of drug-likeness (QED) is 0.150. The Hall–Kier alpha value is -3.51. The number of likely N-dealkylation sites (N-methyl/N-ethyl adjacent to an activating group) is 1. The van der Waals surface area contributed by atoms with E-state index in [2.05, 4.69) is 31.9 Å². The van der Waals surface area contributed by atoms with Crippen LogP contribution >= 0.6 is 0 Å². The van der Waals surface area contributed by atoms with E-state index in [9.17, 15) is 24.0 Å². The van der Waals surface area contributed by atoms with Gasteiger partial charge in [-0.25, -0.2) is 0 Å². The molecule has 12 nitrogen and oxygen atoms in total. The summed E-state index contributed by atoms with van der Waals surface area (Å²) in [5.41, 5.74) is 7.06. The van der Waals surface area contributed by atoms with Crippen molar-refractivity contribution in [2.24, 2.45) is 5.73 Å². The molecule has 0 heterocycles. The van der Waals surface area contributed by atoms with E-state index in [0.717, 1.165) is 5.56 Å². The van der Waals surface area contributed by atoms with E-state index in [4.69, 9.17) is 5.73 Å². The summed E-state index contributed by atoms with van der Waals surface area (Å²) in [4.78, 5) is 57.0. The van der Waals surface area contributed by atoms with Gasteiger partial charge in [-0.1, -0.05) is 12.1 Å². The molecule has 5 amide bonds. The van der Waals surface area contributed by atoms with Crippen LogP contribution in [-0.4, -0.2) is 75.9 Å². The molecule has 1 aromatic carbocycles. The highest BCUT2D eigenvalue weighted by atomic mass is 16.2. The summed E-state index contributed by atoms with van der Waals surface area (Å²) in [5.74, 6) is -1.85. The van der Waals surface area contributed by atoms with Gasteiger partial charge in [-0.15, -0.1) is 0 Å². The second kappa shape index (κ2) is 14.5. The zero-order valence-electron chi connectivity index (χ0n) is 17.3. The SMILES string of the molecule is CNCC(=O)NCC(=O)NCC(=O)NCC(=O)Nc1ccc(CC(CN)NC=O)cc1. The van der Waals surface area contributed by atoms with Crippen LogP contribution in [0, 0.1) is 0 Å². The summed E-state index contributed by atoms with van der Waals surface area (Å²) in [6.07, 6.45) is 1.17. The van der Waals surface area contributed by atoms with E-state index >= 15 is 0 Å². The highest BCUT2D eigenvalue weighted by Crippen LogP contribution is 2.11. The van der Waals surface area contributed by atoms with E-state index < -0.39 is 17.7 Å². The second-order valence-electron chi connectivity index (χ2n) is 6.53. The van der Waals surface area contributed by atoms with Crippen LogP contribution in [0.5, 0.6) is 0 Å². The predicted octanol–water partition coefficient (Wildman–Crippen LogP) is -3.19. The topological polar surface area (TPSA) is 184 Å². The number of rotatable bonds is 14. The molecular formula is C19H29N7O5. The fourth-order valence-electron chi connectivity index (χ4n) is 2.41. The fourth-order valence-corrected chi connectivity index (χ4v) is 2.41. The van der Waals surface area contributed by atoms with Gasteiger partial charge in [0.1, 0.15) is 0 Å². The molecule has 0 spiro atoms. The maximum atomic E-state index is 12.0. The number of nitrogens with two attached hydrogens (primary N) is 1. The molecule has 1 rings (SSSR count). The Morgan fingerprint density at radius 2 is 1.39 bits per heavy atom. The van der Waals surface area contributed by atoms with Gasteiger partial charge < -0.3 is 37.6 Å². The Morgan fingerprint density at radius 1 is 0.871 bits per heavy atom. The van der Waals surface area contributed by atoms with Crippen LogP contribution < -0.4 is 37.6 Å². The van der Waals surface area contributed by atoms with Gasteiger partial charge in [-0.2, -0.15) is 0 Å². The first-order chi connectivity index (χ1) is 14.9. The molecule has 0 radical (unpaired) electrons. The van der Waals surface area contributed by atoms with E-state index in [0.29, 0.717) is 25.1 Å². The minimum atomic E-state index is -0.545. The van der Waals surface area contributed by atoms with Gasteiger partial charge in [0.05, 0.1) is 26.2 Å². The molecule has 0 saturated carbocycles. The first kappa shape index (κ1) is 25.5. The van der Waals surface area contributed by atoms with Crippen LogP contribution in [-0.2, 0) is 30.4 Å². The van der Waals surface area contributed by atoms with Crippen molar-refractivity contribution in [2.45, 2.75) is 12.5 Å². The maximum absolute atomic E-state index is 12.0. The van der Waals surface area contributed by atoms with Gasteiger partial charge in [0.2, 0.25) is 30.0 Å². The zero-order valence-corrected chi connectivity index (χ0v) is 17.3. The summed E-state index contributed by atoms with van der Waals surface area (Å²) >= 11 is 0. The molecule has 1 atom stereocenters. The molecule has 31 heavy (non-hydrogen) atoms. The van der Waals surface area contributed by atoms with Crippen LogP contribution in [0.3, 0.4) is 0 Å². The third-order valence-electron chi connectivity index (χ3n) is 3.98. The second-order valence-corrected chi connectivity index (χ2v) is 6.53. The number of benzene rings is 1. The standard InChI is InChI=1S/C19H29N7O5/c1-21-8-16(28)22-9-17(29)23-10-18(30)24-11-19(31)26-14-4-2-13(3-5-14)6-15(7-20)25-12-27/h2-5,12,15,21H,6-11,20H2,1H3,(H,22,28)(H,23,29)(H,24,30)(H,25,27)(H,26,31). The first-order valence-corrected chi connectivity index (χ1v) is 9.61. The Labute approximate surface area is 180 Å². The maximum Gasteiger partial charge on any atom is 0.243 e. The number of carbonyl (C=O) groups is 5. The smallest absolute Gasteiger partial charge is 0.243 e. The summed E-state index contributed by atoms with van der Waals surface area (Å²) in [7, 11) is 1.60. The van der Waals surface area contributed by atoms with Crippen LogP contribution in [0.15, 0.2) is 24.3 Å². The van der Waals surface area contributed by atoms with Gasteiger partial charge in [0.25, 0.3) is 0 Å². The number of anilines is 1. The molecule has 0 aliphatic heterocycles. The van der Waals surface area contributed by atoms with Crippen molar-refractivity contribution in [1.82, 2.24) is 26.6 Å². The Balaban J connectivity index is 2.30. The normalized spacial score (nSPS) is 11.0. The largest absolute Gasteiger partial charge is 0.354 e. The van der Waals surface area contributed by atoms with Crippen molar-refractivity contribution >= 4 is 35.7 Å². The van der Waals surface area contributed by atoms with Gasteiger partial charge in [0, 0.05) is 18.3 Å². The summed E-state index contributed by atoms with van der Waals surface area (Å²) in [6.45, 7) is -0.450. The van der Waals surface area contributed by atoms with Crippen molar-refractivity contribution in [2.75, 3.05) is 45.1 Å². The van der Waals surface area contributed by atoms with Gasteiger partial charge >= 0.3 is 0 Å². The monoisotopic (exact) mass is 435 g/mol. The molecule has 1 aromatic rings. The predicted molar refractivity (Wildman–Crippen MR) is 114 cm³/mol. The minimum Gasteiger partial charge on any atom is -0.354 e. The molecule has 0 bridgehead atoms. The van der Waals surface area contributed by atoms with Crippen LogP contribution in [0.2, 0.25) is 0 Å². The Bertz CT molecular complexity index is 755. The minimum absolute atomic E-state index is 0.0806. The van der Waals surface area contributed by atoms with Gasteiger partial charge in [-0.05, 0) is 31.2 Å². The molecule has 170 valence electrons. The van der Waals surface area contributed by atoms with E-state index in [-0.39, 0.29) is 38.1 Å². The molecule has 8 N–H and O–H groups in total. The zero-order chi connectivity index (χ0) is 23.1. The number of hydrogen-bond acceptors (Lipinski definition) is 7. The molecule has 0 saturated heterocycles. The molecule has 0 aliphatic rings. The highest BCUT2D eigenvalue weighted by molar-refractivity contribution is 5.95.